The molecule has 0 saturated heterocycles. The van der Waals surface area contributed by atoms with Crippen molar-refractivity contribution in [2.45, 2.75) is 24.7 Å². The monoisotopic (exact) mass is 193 g/mol. The van der Waals surface area contributed by atoms with Crippen LogP contribution in [0.25, 0.3) is 0 Å². The van der Waals surface area contributed by atoms with Gasteiger partial charge < -0.3 is 9.63 Å². The molecule has 2 fully saturated rings. The molecule has 1 aromatic heterocycles. The van der Waals surface area contributed by atoms with Crippen LogP contribution in [-0.2, 0) is 10.2 Å². The van der Waals surface area contributed by atoms with E-state index in [2.05, 4.69) is 5.16 Å². The van der Waals surface area contributed by atoms with E-state index in [1.807, 2.05) is 0 Å². The second kappa shape index (κ2) is 2.38. The summed E-state index contributed by atoms with van der Waals surface area (Å²) in [6.45, 7) is 0. The van der Waals surface area contributed by atoms with Crippen LogP contribution in [-0.4, -0.2) is 16.2 Å². The molecule has 4 nitrogen and oxygen atoms in total. The lowest BCUT2D eigenvalue weighted by atomic mass is 9.80. The average molecular weight is 193 g/mol. The van der Waals surface area contributed by atoms with Gasteiger partial charge in [-0.2, -0.15) is 0 Å². The van der Waals surface area contributed by atoms with Crippen LogP contribution in [0.2, 0.25) is 0 Å². The summed E-state index contributed by atoms with van der Waals surface area (Å²) < 4.78 is 5.02. The van der Waals surface area contributed by atoms with Crippen molar-refractivity contribution in [3.05, 3.63) is 18.0 Å². The Kier molecular flexibility index (Phi) is 1.36. The summed E-state index contributed by atoms with van der Waals surface area (Å²) in [5.74, 6) is 0.978. The number of nitrogens with zero attached hydrogens (tertiary/aromatic N) is 1. The van der Waals surface area contributed by atoms with Crippen LogP contribution in [0.1, 0.15) is 25.0 Å². The van der Waals surface area contributed by atoms with Crippen LogP contribution in [0.5, 0.6) is 0 Å². The first-order valence-corrected chi connectivity index (χ1v) is 4.87. The third-order valence-electron chi connectivity index (χ3n) is 3.61. The molecule has 2 aliphatic rings. The summed E-state index contributed by atoms with van der Waals surface area (Å²) in [6, 6.07) is 1.68. The van der Waals surface area contributed by atoms with Gasteiger partial charge in [0.2, 0.25) is 0 Å². The molecule has 2 aliphatic carbocycles. The number of carboxylic acid groups (broad SMARTS) is 1. The average Bonchev–Trinajstić information content (AvgIpc) is 2.68. The maximum atomic E-state index is 11.3. The van der Waals surface area contributed by atoms with E-state index in [-0.39, 0.29) is 0 Å². The quantitative estimate of drug-likeness (QED) is 0.771. The second-order valence-corrected chi connectivity index (χ2v) is 4.43. The van der Waals surface area contributed by atoms with Crippen molar-refractivity contribution in [2.24, 2.45) is 11.8 Å². The lowest BCUT2D eigenvalue weighted by Gasteiger charge is -2.22. The highest BCUT2D eigenvalue weighted by molar-refractivity contribution is 5.81. The van der Waals surface area contributed by atoms with Gasteiger partial charge in [-0.05, 0) is 31.1 Å². The van der Waals surface area contributed by atoms with Crippen molar-refractivity contribution in [1.29, 1.82) is 0 Å². The van der Waals surface area contributed by atoms with Crippen molar-refractivity contribution in [3.63, 3.8) is 0 Å². The van der Waals surface area contributed by atoms with E-state index in [0.717, 1.165) is 12.8 Å². The standard InChI is InChI=1S/C10H11NO3/c12-9(13)10(8-1-2-11-14-8)4-6-3-7(6)5-10/h1-2,6-7H,3-5H2,(H,12,13). The van der Waals surface area contributed by atoms with Gasteiger partial charge in [-0.3, -0.25) is 4.79 Å². The Morgan fingerprint density at radius 3 is 2.79 bits per heavy atom. The first-order chi connectivity index (χ1) is 6.72. The van der Waals surface area contributed by atoms with Crippen molar-refractivity contribution in [3.8, 4) is 0 Å². The Bertz CT molecular complexity index is 361. The SMILES string of the molecule is O=C(O)C1(c2ccno2)CC2CC2C1. The van der Waals surface area contributed by atoms with Gasteiger partial charge in [0, 0.05) is 6.07 Å². The van der Waals surface area contributed by atoms with Crippen molar-refractivity contribution < 1.29 is 14.4 Å². The lowest BCUT2D eigenvalue weighted by Crippen LogP contribution is -2.33. The normalized spacial score (nSPS) is 39.4. The van der Waals surface area contributed by atoms with Gasteiger partial charge in [0.25, 0.3) is 0 Å². The number of aromatic nitrogens is 1. The number of aliphatic carboxylic acids is 1. The molecule has 3 rings (SSSR count). The van der Waals surface area contributed by atoms with Crippen molar-refractivity contribution >= 4 is 5.97 Å². The molecule has 4 heteroatoms. The summed E-state index contributed by atoms with van der Waals surface area (Å²) in [5, 5.41) is 12.9. The van der Waals surface area contributed by atoms with E-state index in [9.17, 15) is 9.90 Å². The van der Waals surface area contributed by atoms with Crippen LogP contribution >= 0.6 is 0 Å². The third kappa shape index (κ3) is 0.882. The van der Waals surface area contributed by atoms with Gasteiger partial charge in [0.1, 0.15) is 5.41 Å². The van der Waals surface area contributed by atoms with E-state index in [0.29, 0.717) is 17.6 Å². The molecule has 2 saturated carbocycles. The number of carboxylic acids is 1. The number of hydrogen-bond acceptors (Lipinski definition) is 3. The predicted molar refractivity (Wildman–Crippen MR) is 46.6 cm³/mol. The van der Waals surface area contributed by atoms with Crippen LogP contribution in [0.4, 0.5) is 0 Å². The molecule has 2 atom stereocenters. The maximum absolute atomic E-state index is 11.3. The first-order valence-electron chi connectivity index (χ1n) is 4.87. The minimum absolute atomic E-state index is 0.525. The Morgan fingerprint density at radius 2 is 2.29 bits per heavy atom. The summed E-state index contributed by atoms with van der Waals surface area (Å²) in [4.78, 5) is 11.3. The molecular weight excluding hydrogens is 182 g/mol. The lowest BCUT2D eigenvalue weighted by molar-refractivity contribution is -0.145. The zero-order chi connectivity index (χ0) is 9.76. The fourth-order valence-corrected chi connectivity index (χ4v) is 2.73. The Balaban J connectivity index is 2.01. The molecular formula is C10H11NO3. The van der Waals surface area contributed by atoms with Crippen molar-refractivity contribution in [2.75, 3.05) is 0 Å². The molecule has 0 aliphatic heterocycles. The van der Waals surface area contributed by atoms with Gasteiger partial charge >= 0.3 is 5.97 Å². The summed E-state index contributed by atoms with van der Waals surface area (Å²) in [7, 11) is 0. The molecule has 14 heavy (non-hydrogen) atoms. The molecule has 1 heterocycles. The number of fused-ring (bicyclic) bond motifs is 1. The Labute approximate surface area is 80.9 Å². The van der Waals surface area contributed by atoms with E-state index in [1.165, 1.54) is 12.6 Å². The zero-order valence-corrected chi connectivity index (χ0v) is 7.64. The van der Waals surface area contributed by atoms with Gasteiger partial charge in [0.05, 0.1) is 6.20 Å². The third-order valence-corrected chi connectivity index (χ3v) is 3.61. The minimum Gasteiger partial charge on any atom is -0.480 e. The largest absolute Gasteiger partial charge is 0.480 e. The molecule has 1 N–H and O–H groups in total. The fraction of sp³-hybridized carbons (Fsp3) is 0.600. The maximum Gasteiger partial charge on any atom is 0.317 e. The summed E-state index contributed by atoms with van der Waals surface area (Å²) in [6.07, 6.45) is 4.16. The molecule has 0 amide bonds. The Morgan fingerprint density at radius 1 is 1.57 bits per heavy atom. The van der Waals surface area contributed by atoms with E-state index < -0.39 is 11.4 Å². The van der Waals surface area contributed by atoms with E-state index >= 15 is 0 Å². The highest BCUT2D eigenvalue weighted by Crippen LogP contribution is 2.60. The van der Waals surface area contributed by atoms with Crippen LogP contribution < -0.4 is 0 Å². The highest BCUT2D eigenvalue weighted by Gasteiger charge is 2.60. The molecule has 74 valence electrons. The molecule has 0 radical (unpaired) electrons. The Hall–Kier alpha value is -1.32. The van der Waals surface area contributed by atoms with Gasteiger partial charge in [-0.15, -0.1) is 0 Å². The minimum atomic E-state index is -0.774. The predicted octanol–water partition coefficient (Wildman–Crippen LogP) is 1.43. The van der Waals surface area contributed by atoms with Crippen LogP contribution in [0, 0.1) is 11.8 Å². The smallest absolute Gasteiger partial charge is 0.317 e. The van der Waals surface area contributed by atoms with Gasteiger partial charge in [-0.1, -0.05) is 5.16 Å². The number of hydrogen-bond donors (Lipinski definition) is 1. The molecule has 0 spiro atoms. The summed E-state index contributed by atoms with van der Waals surface area (Å²) >= 11 is 0. The summed E-state index contributed by atoms with van der Waals surface area (Å²) in [5.41, 5.74) is -0.774. The van der Waals surface area contributed by atoms with Gasteiger partial charge in [-0.25, -0.2) is 0 Å². The van der Waals surface area contributed by atoms with E-state index in [1.54, 1.807) is 6.07 Å². The zero-order valence-electron chi connectivity index (χ0n) is 7.64. The molecule has 2 unspecified atom stereocenters. The number of rotatable bonds is 2. The first kappa shape index (κ1) is 8.03. The van der Waals surface area contributed by atoms with Crippen LogP contribution in [0.3, 0.4) is 0 Å². The fourth-order valence-electron chi connectivity index (χ4n) is 2.73. The molecule has 1 aromatic rings. The highest BCUT2D eigenvalue weighted by atomic mass is 16.5. The van der Waals surface area contributed by atoms with Crippen LogP contribution in [0.15, 0.2) is 16.8 Å². The number of carbonyl (C=O) groups is 1. The topological polar surface area (TPSA) is 63.3 Å². The van der Waals surface area contributed by atoms with E-state index in [4.69, 9.17) is 4.52 Å². The van der Waals surface area contributed by atoms with Gasteiger partial charge in [0.15, 0.2) is 5.76 Å². The second-order valence-electron chi connectivity index (χ2n) is 4.43. The molecule has 0 bridgehead atoms. The molecule has 0 aromatic carbocycles. The van der Waals surface area contributed by atoms with Crippen molar-refractivity contribution in [1.82, 2.24) is 5.16 Å².